The first-order valence-corrected chi connectivity index (χ1v) is 13.9. The molecule has 0 aliphatic carbocycles. The second kappa shape index (κ2) is 11.0. The number of carbonyl (C=O) groups excluding carboxylic acids is 2. The van der Waals surface area contributed by atoms with Crippen molar-refractivity contribution < 1.29 is 22.7 Å². The lowest BCUT2D eigenvalue weighted by Gasteiger charge is -2.37. The van der Waals surface area contributed by atoms with Crippen LogP contribution < -0.4 is 14.5 Å². The number of hydrogen-bond acceptors (Lipinski definition) is 6. The van der Waals surface area contributed by atoms with Crippen molar-refractivity contribution in [1.29, 1.82) is 0 Å². The first-order valence-electron chi connectivity index (χ1n) is 12.0. The highest BCUT2D eigenvalue weighted by molar-refractivity contribution is 7.90. The number of anilines is 2. The lowest BCUT2D eigenvalue weighted by Crippen LogP contribution is -2.52. The molecule has 0 aromatic heterocycles. The molecule has 0 unspecified atom stereocenters. The lowest BCUT2D eigenvalue weighted by atomic mass is 10.1. The van der Waals surface area contributed by atoms with E-state index in [9.17, 15) is 18.0 Å². The Morgan fingerprint density at radius 2 is 1.51 bits per heavy atom. The van der Waals surface area contributed by atoms with Crippen molar-refractivity contribution in [2.45, 2.75) is 11.8 Å². The number of amides is 2. The van der Waals surface area contributed by atoms with Gasteiger partial charge in [0.15, 0.2) is 9.84 Å². The van der Waals surface area contributed by atoms with Gasteiger partial charge in [-0.05, 0) is 55.0 Å². The van der Waals surface area contributed by atoms with Gasteiger partial charge in [-0.2, -0.15) is 0 Å². The average molecular weight is 522 g/mol. The molecular formula is C28H31N3O5S. The van der Waals surface area contributed by atoms with Gasteiger partial charge in [0, 0.05) is 43.7 Å². The monoisotopic (exact) mass is 521 g/mol. The molecule has 0 radical (unpaired) electrons. The van der Waals surface area contributed by atoms with E-state index >= 15 is 0 Å². The van der Waals surface area contributed by atoms with E-state index in [0.717, 1.165) is 5.56 Å². The maximum Gasteiger partial charge on any atom is 0.258 e. The normalized spacial score (nSPS) is 13.8. The van der Waals surface area contributed by atoms with Gasteiger partial charge in [0.05, 0.1) is 17.7 Å². The molecule has 8 nitrogen and oxygen atoms in total. The van der Waals surface area contributed by atoms with E-state index < -0.39 is 9.84 Å². The Kier molecular flexibility index (Phi) is 7.83. The second-order valence-electron chi connectivity index (χ2n) is 9.01. The molecule has 0 spiro atoms. The molecular weight excluding hydrogens is 490 g/mol. The number of hydrogen-bond donors (Lipinski definition) is 0. The van der Waals surface area contributed by atoms with E-state index in [-0.39, 0.29) is 23.3 Å². The summed E-state index contributed by atoms with van der Waals surface area (Å²) in [5.74, 6) is 0.206. The predicted molar refractivity (Wildman–Crippen MR) is 144 cm³/mol. The van der Waals surface area contributed by atoms with Crippen molar-refractivity contribution in [3.8, 4) is 5.75 Å². The summed E-state index contributed by atoms with van der Waals surface area (Å²) in [7, 11) is -1.81. The largest absolute Gasteiger partial charge is 0.497 e. The zero-order valence-corrected chi connectivity index (χ0v) is 22.1. The number of methoxy groups -OCH3 is 1. The van der Waals surface area contributed by atoms with Gasteiger partial charge in [-0.15, -0.1) is 0 Å². The number of sulfone groups is 1. The molecule has 194 valence electrons. The third-order valence-corrected chi connectivity index (χ3v) is 7.66. The summed E-state index contributed by atoms with van der Waals surface area (Å²) < 4.78 is 29.7. The minimum absolute atomic E-state index is 0.102. The van der Waals surface area contributed by atoms with Crippen LogP contribution in [0.3, 0.4) is 0 Å². The van der Waals surface area contributed by atoms with Crippen molar-refractivity contribution in [2.75, 3.05) is 55.9 Å². The molecule has 1 heterocycles. The van der Waals surface area contributed by atoms with Crippen molar-refractivity contribution in [1.82, 2.24) is 4.90 Å². The maximum absolute atomic E-state index is 13.5. The summed E-state index contributed by atoms with van der Waals surface area (Å²) in [5.41, 5.74) is 2.67. The number of piperazine rings is 1. The summed E-state index contributed by atoms with van der Waals surface area (Å²) in [4.78, 5) is 32.4. The minimum atomic E-state index is -3.38. The van der Waals surface area contributed by atoms with Crippen LogP contribution in [0, 0.1) is 6.92 Å². The van der Waals surface area contributed by atoms with Crippen LogP contribution in [-0.2, 0) is 14.6 Å². The van der Waals surface area contributed by atoms with Gasteiger partial charge in [0.25, 0.3) is 5.91 Å². The van der Waals surface area contributed by atoms with Crippen LogP contribution in [0.15, 0.2) is 77.7 Å². The fourth-order valence-corrected chi connectivity index (χ4v) is 5.39. The Morgan fingerprint density at radius 1 is 0.892 bits per heavy atom. The predicted octanol–water partition coefficient (Wildman–Crippen LogP) is 3.40. The number of aryl methyl sites for hydroxylation is 1. The number of benzene rings is 3. The van der Waals surface area contributed by atoms with Gasteiger partial charge in [0.1, 0.15) is 12.3 Å². The van der Waals surface area contributed by atoms with Gasteiger partial charge < -0.3 is 14.5 Å². The van der Waals surface area contributed by atoms with E-state index in [4.69, 9.17) is 4.74 Å². The smallest absolute Gasteiger partial charge is 0.258 e. The standard InChI is InChI=1S/C28H31N3O5S/c1-21-8-4-5-9-24(21)31(28(33)22-12-14-23(36-2)15-13-22)20-27(32)30-18-16-29(17-19-30)25-10-6-7-11-26(25)37(3,34)35/h4-15H,16-20H2,1-3H3. The maximum atomic E-state index is 13.5. The minimum Gasteiger partial charge on any atom is -0.497 e. The van der Waals surface area contributed by atoms with Crippen molar-refractivity contribution >= 4 is 33.0 Å². The summed E-state index contributed by atoms with van der Waals surface area (Å²) in [5, 5.41) is 0. The van der Waals surface area contributed by atoms with E-state index in [1.54, 1.807) is 54.5 Å². The third kappa shape index (κ3) is 5.94. The van der Waals surface area contributed by atoms with Crippen LogP contribution in [0.25, 0.3) is 0 Å². The quantitative estimate of drug-likeness (QED) is 0.474. The molecule has 1 aliphatic rings. The molecule has 9 heteroatoms. The van der Waals surface area contributed by atoms with Crippen LogP contribution in [0.4, 0.5) is 11.4 Å². The first kappa shape index (κ1) is 26.2. The molecule has 0 saturated carbocycles. The summed E-state index contributed by atoms with van der Waals surface area (Å²) in [6.45, 7) is 3.65. The molecule has 0 bridgehead atoms. The number of rotatable bonds is 7. The fourth-order valence-electron chi connectivity index (χ4n) is 4.49. The lowest BCUT2D eigenvalue weighted by molar-refractivity contribution is -0.129. The first-order chi connectivity index (χ1) is 17.7. The van der Waals surface area contributed by atoms with Crippen molar-refractivity contribution in [3.63, 3.8) is 0 Å². The summed E-state index contributed by atoms with van der Waals surface area (Å²) in [6, 6.07) is 21.2. The molecule has 1 fully saturated rings. The Balaban J connectivity index is 1.51. The second-order valence-corrected chi connectivity index (χ2v) is 11.0. The summed E-state index contributed by atoms with van der Waals surface area (Å²) >= 11 is 0. The fraction of sp³-hybridized carbons (Fsp3) is 0.286. The van der Waals surface area contributed by atoms with Crippen LogP contribution in [0.1, 0.15) is 15.9 Å². The number of nitrogens with zero attached hydrogens (tertiary/aromatic N) is 3. The van der Waals surface area contributed by atoms with Gasteiger partial charge in [-0.3, -0.25) is 14.5 Å². The Labute approximate surface area is 218 Å². The third-order valence-electron chi connectivity index (χ3n) is 6.52. The highest BCUT2D eigenvalue weighted by atomic mass is 32.2. The molecule has 3 aromatic carbocycles. The van der Waals surface area contributed by atoms with E-state index in [2.05, 4.69) is 0 Å². The van der Waals surface area contributed by atoms with Crippen LogP contribution >= 0.6 is 0 Å². The molecule has 0 atom stereocenters. The number of carbonyl (C=O) groups is 2. The van der Waals surface area contributed by atoms with Crippen LogP contribution in [0.5, 0.6) is 5.75 Å². The van der Waals surface area contributed by atoms with E-state index in [0.29, 0.717) is 48.9 Å². The van der Waals surface area contributed by atoms with Gasteiger partial charge in [-0.25, -0.2) is 8.42 Å². The van der Waals surface area contributed by atoms with Crippen LogP contribution in [-0.4, -0.2) is 71.2 Å². The SMILES string of the molecule is COc1ccc(C(=O)N(CC(=O)N2CCN(c3ccccc3S(C)(=O)=O)CC2)c2ccccc2C)cc1. The molecule has 4 rings (SSSR count). The van der Waals surface area contributed by atoms with Gasteiger partial charge >= 0.3 is 0 Å². The van der Waals surface area contributed by atoms with Crippen LogP contribution in [0.2, 0.25) is 0 Å². The average Bonchev–Trinajstić information content (AvgIpc) is 2.91. The Hall–Kier alpha value is -3.85. The molecule has 37 heavy (non-hydrogen) atoms. The number of para-hydroxylation sites is 2. The molecule has 2 amide bonds. The molecule has 0 N–H and O–H groups in total. The topological polar surface area (TPSA) is 87.2 Å². The zero-order valence-electron chi connectivity index (χ0n) is 21.3. The molecule has 1 aliphatic heterocycles. The van der Waals surface area contributed by atoms with Crippen molar-refractivity contribution in [2.24, 2.45) is 0 Å². The Bertz CT molecular complexity index is 1380. The molecule has 1 saturated heterocycles. The highest BCUT2D eigenvalue weighted by Crippen LogP contribution is 2.27. The van der Waals surface area contributed by atoms with Gasteiger partial charge in [0.2, 0.25) is 5.91 Å². The number of ether oxygens (including phenoxy) is 1. The van der Waals surface area contributed by atoms with E-state index in [1.165, 1.54) is 11.2 Å². The highest BCUT2D eigenvalue weighted by Gasteiger charge is 2.28. The summed E-state index contributed by atoms with van der Waals surface area (Å²) in [6.07, 6.45) is 1.20. The zero-order chi connectivity index (χ0) is 26.6. The Morgan fingerprint density at radius 3 is 2.14 bits per heavy atom. The van der Waals surface area contributed by atoms with Gasteiger partial charge in [-0.1, -0.05) is 30.3 Å². The molecule has 3 aromatic rings. The van der Waals surface area contributed by atoms with E-state index in [1.807, 2.05) is 42.2 Å². The van der Waals surface area contributed by atoms with Crippen molar-refractivity contribution in [3.05, 3.63) is 83.9 Å².